The summed E-state index contributed by atoms with van der Waals surface area (Å²) in [5, 5.41) is 14.1. The molecule has 1 atom stereocenters. The van der Waals surface area contributed by atoms with E-state index in [4.69, 9.17) is 9.63 Å². The lowest BCUT2D eigenvalue weighted by molar-refractivity contribution is 0.0691. The van der Waals surface area contributed by atoms with Gasteiger partial charge in [0.2, 0.25) is 0 Å². The molecule has 15 heavy (non-hydrogen) atoms. The second-order valence-electron chi connectivity index (χ2n) is 3.58. The topological polar surface area (TPSA) is 95.3 Å². The van der Waals surface area contributed by atoms with Crippen LogP contribution in [0, 0.1) is 0 Å². The second kappa shape index (κ2) is 3.90. The zero-order chi connectivity index (χ0) is 10.8. The Balaban J connectivity index is 2.34. The minimum atomic E-state index is -1.24. The molecular formula is C9H12N2O4. The monoisotopic (exact) mass is 212 g/mol. The summed E-state index contributed by atoms with van der Waals surface area (Å²) in [5.41, 5.74) is -0.959. The summed E-state index contributed by atoms with van der Waals surface area (Å²) < 4.78 is 4.92. The van der Waals surface area contributed by atoms with Crippen LogP contribution in [0.4, 0.5) is 0 Å². The molecule has 1 unspecified atom stereocenters. The zero-order valence-corrected chi connectivity index (χ0v) is 8.08. The van der Waals surface area contributed by atoms with Gasteiger partial charge in [0.1, 0.15) is 0 Å². The smallest absolute Gasteiger partial charge is 0.345 e. The quantitative estimate of drug-likeness (QED) is 0.662. The number of H-pyrrole nitrogens is 1. The third kappa shape index (κ3) is 1.80. The summed E-state index contributed by atoms with van der Waals surface area (Å²) in [5.74, 6) is -1.03. The first-order valence-electron chi connectivity index (χ1n) is 4.88. The van der Waals surface area contributed by atoms with Crippen LogP contribution in [-0.2, 0) is 0 Å². The average molecular weight is 212 g/mol. The van der Waals surface area contributed by atoms with Crippen molar-refractivity contribution in [1.29, 1.82) is 0 Å². The van der Waals surface area contributed by atoms with Gasteiger partial charge in [0.05, 0.1) is 6.04 Å². The van der Waals surface area contributed by atoms with Gasteiger partial charge in [0.25, 0.3) is 5.56 Å². The van der Waals surface area contributed by atoms with Crippen LogP contribution in [0.3, 0.4) is 0 Å². The minimum Gasteiger partial charge on any atom is -0.477 e. The summed E-state index contributed by atoms with van der Waals surface area (Å²) >= 11 is 0. The third-order valence-electron chi connectivity index (χ3n) is 2.57. The molecule has 0 amide bonds. The predicted octanol–water partition coefficient (Wildman–Crippen LogP) is 0.481. The van der Waals surface area contributed by atoms with E-state index in [0.717, 1.165) is 25.8 Å². The fourth-order valence-corrected chi connectivity index (χ4v) is 1.84. The highest BCUT2D eigenvalue weighted by Gasteiger charge is 2.27. The maximum Gasteiger partial charge on any atom is 0.345 e. The standard InChI is InChI=1S/C9H12N2O4/c12-8-6(9(13)14)7(15-11-8)5-3-1-2-4-10-5/h5,10H,1-4H2,(H,11,12)(H,13,14). The number of carbonyl (C=O) groups is 1. The number of carboxylic acid groups (broad SMARTS) is 1. The molecule has 1 aromatic rings. The van der Waals surface area contributed by atoms with E-state index in [-0.39, 0.29) is 17.4 Å². The lowest BCUT2D eigenvalue weighted by Gasteiger charge is -2.21. The van der Waals surface area contributed by atoms with Crippen LogP contribution >= 0.6 is 0 Å². The molecule has 6 heteroatoms. The van der Waals surface area contributed by atoms with Crippen molar-refractivity contribution in [2.45, 2.75) is 25.3 Å². The first-order chi connectivity index (χ1) is 7.20. The zero-order valence-electron chi connectivity index (χ0n) is 8.08. The number of rotatable bonds is 2. The van der Waals surface area contributed by atoms with E-state index in [1.54, 1.807) is 0 Å². The van der Waals surface area contributed by atoms with Crippen molar-refractivity contribution >= 4 is 5.97 Å². The Morgan fingerprint density at radius 1 is 1.47 bits per heavy atom. The largest absolute Gasteiger partial charge is 0.477 e. The lowest BCUT2D eigenvalue weighted by atomic mass is 10.0. The van der Waals surface area contributed by atoms with Crippen molar-refractivity contribution in [3.63, 3.8) is 0 Å². The Kier molecular flexibility index (Phi) is 2.59. The lowest BCUT2D eigenvalue weighted by Crippen LogP contribution is -2.28. The molecule has 3 N–H and O–H groups in total. The van der Waals surface area contributed by atoms with E-state index in [1.807, 2.05) is 0 Å². The van der Waals surface area contributed by atoms with E-state index >= 15 is 0 Å². The molecule has 0 aliphatic carbocycles. The summed E-state index contributed by atoms with van der Waals surface area (Å²) in [6.07, 6.45) is 2.86. The molecule has 1 aliphatic rings. The Labute approximate surface area is 85.2 Å². The number of hydrogen-bond acceptors (Lipinski definition) is 4. The van der Waals surface area contributed by atoms with Crippen molar-refractivity contribution in [2.24, 2.45) is 0 Å². The van der Waals surface area contributed by atoms with Gasteiger partial charge in [-0.15, -0.1) is 0 Å². The highest BCUT2D eigenvalue weighted by molar-refractivity contribution is 5.88. The third-order valence-corrected chi connectivity index (χ3v) is 2.57. The van der Waals surface area contributed by atoms with Gasteiger partial charge in [-0.25, -0.2) is 4.79 Å². The van der Waals surface area contributed by atoms with Crippen molar-refractivity contribution < 1.29 is 14.4 Å². The fourth-order valence-electron chi connectivity index (χ4n) is 1.84. The van der Waals surface area contributed by atoms with Crippen molar-refractivity contribution in [1.82, 2.24) is 10.5 Å². The summed E-state index contributed by atoms with van der Waals surface area (Å²) in [6, 6.07) is -0.163. The average Bonchev–Trinajstić information content (AvgIpc) is 2.61. The molecule has 6 nitrogen and oxygen atoms in total. The Hall–Kier alpha value is -1.56. The SMILES string of the molecule is O=C(O)c1c(C2CCCCN2)o[nH]c1=O. The van der Waals surface area contributed by atoms with Crippen molar-refractivity contribution in [3.05, 3.63) is 21.7 Å². The Morgan fingerprint density at radius 3 is 2.87 bits per heavy atom. The van der Waals surface area contributed by atoms with Crippen LogP contribution < -0.4 is 10.9 Å². The molecular weight excluding hydrogens is 200 g/mol. The number of nitrogens with one attached hydrogen (secondary N) is 2. The fraction of sp³-hybridized carbons (Fsp3) is 0.556. The van der Waals surface area contributed by atoms with Gasteiger partial charge in [0.15, 0.2) is 11.3 Å². The summed E-state index contributed by atoms with van der Waals surface area (Å²) in [6.45, 7) is 0.818. The van der Waals surface area contributed by atoms with Gasteiger partial charge >= 0.3 is 5.97 Å². The molecule has 0 saturated carbocycles. The normalized spacial score (nSPS) is 21.5. The van der Waals surface area contributed by atoms with E-state index in [0.29, 0.717) is 0 Å². The van der Waals surface area contributed by atoms with E-state index in [2.05, 4.69) is 10.5 Å². The minimum absolute atomic E-state index is 0.163. The van der Waals surface area contributed by atoms with Crippen molar-refractivity contribution in [3.8, 4) is 0 Å². The summed E-state index contributed by atoms with van der Waals surface area (Å²) in [7, 11) is 0. The number of piperidine rings is 1. The van der Waals surface area contributed by atoms with Gasteiger partial charge in [-0.1, -0.05) is 6.42 Å². The van der Waals surface area contributed by atoms with Crippen molar-refractivity contribution in [2.75, 3.05) is 6.54 Å². The van der Waals surface area contributed by atoms with Crippen LogP contribution in [-0.4, -0.2) is 22.8 Å². The van der Waals surface area contributed by atoms with E-state index < -0.39 is 11.5 Å². The molecule has 1 saturated heterocycles. The predicted molar refractivity (Wildman–Crippen MR) is 50.9 cm³/mol. The first-order valence-corrected chi connectivity index (χ1v) is 4.88. The Morgan fingerprint density at radius 2 is 2.27 bits per heavy atom. The molecule has 2 rings (SSSR count). The molecule has 82 valence electrons. The molecule has 2 heterocycles. The molecule has 1 aromatic heterocycles. The molecule has 0 aromatic carbocycles. The molecule has 1 fully saturated rings. The number of carboxylic acids is 1. The van der Waals surface area contributed by atoms with Crippen LogP contribution in [0.25, 0.3) is 0 Å². The van der Waals surface area contributed by atoms with E-state index in [9.17, 15) is 9.59 Å². The van der Waals surface area contributed by atoms with E-state index in [1.165, 1.54) is 0 Å². The van der Waals surface area contributed by atoms with Gasteiger partial charge in [0, 0.05) is 0 Å². The maximum absolute atomic E-state index is 11.2. The molecule has 1 aliphatic heterocycles. The van der Waals surface area contributed by atoms with Gasteiger partial charge in [-0.2, -0.15) is 5.16 Å². The summed E-state index contributed by atoms with van der Waals surface area (Å²) in [4.78, 5) is 22.0. The first kappa shape index (κ1) is 9.97. The van der Waals surface area contributed by atoms with Gasteiger partial charge in [-0.3, -0.25) is 4.79 Å². The highest BCUT2D eigenvalue weighted by atomic mass is 16.5. The number of aromatic carboxylic acids is 1. The highest BCUT2D eigenvalue weighted by Crippen LogP contribution is 2.23. The maximum atomic E-state index is 11.2. The number of aromatic amines is 1. The second-order valence-corrected chi connectivity index (χ2v) is 3.58. The molecule has 0 radical (unpaired) electrons. The van der Waals surface area contributed by atoms with Gasteiger partial charge < -0.3 is 14.9 Å². The molecule has 0 spiro atoms. The number of hydrogen-bond donors (Lipinski definition) is 3. The Bertz CT molecular complexity index is 414. The molecule has 0 bridgehead atoms. The van der Waals surface area contributed by atoms with Gasteiger partial charge in [-0.05, 0) is 19.4 Å². The van der Waals surface area contributed by atoms with Crippen LogP contribution in [0.5, 0.6) is 0 Å². The number of aromatic nitrogens is 1. The van der Waals surface area contributed by atoms with Crippen LogP contribution in [0.2, 0.25) is 0 Å². The van der Waals surface area contributed by atoms with Crippen LogP contribution in [0.1, 0.15) is 41.4 Å². The van der Waals surface area contributed by atoms with Crippen LogP contribution in [0.15, 0.2) is 9.32 Å².